The zero-order chi connectivity index (χ0) is 11.4. The smallest absolute Gasteiger partial charge is 0.287 e. The van der Waals surface area contributed by atoms with Gasteiger partial charge in [-0.25, -0.2) is 4.98 Å². The van der Waals surface area contributed by atoms with E-state index in [9.17, 15) is 10.1 Å². The number of aliphatic hydroxyl groups excluding tert-OH is 1. The SMILES string of the molecule is Cc1cc([N+](=O)[O-])cnc1N(C)CCO. The maximum atomic E-state index is 10.5. The first-order valence-electron chi connectivity index (χ1n) is 4.49. The van der Waals surface area contributed by atoms with E-state index >= 15 is 0 Å². The lowest BCUT2D eigenvalue weighted by Crippen LogP contribution is -2.23. The molecule has 82 valence electrons. The van der Waals surface area contributed by atoms with Crippen molar-refractivity contribution < 1.29 is 10.0 Å². The van der Waals surface area contributed by atoms with E-state index in [-0.39, 0.29) is 12.3 Å². The molecule has 0 spiro atoms. The Morgan fingerprint density at radius 1 is 1.67 bits per heavy atom. The normalized spacial score (nSPS) is 10.1. The lowest BCUT2D eigenvalue weighted by atomic mass is 10.2. The van der Waals surface area contributed by atoms with E-state index in [1.807, 2.05) is 0 Å². The minimum Gasteiger partial charge on any atom is -0.395 e. The van der Waals surface area contributed by atoms with Gasteiger partial charge in [0.05, 0.1) is 11.5 Å². The second-order valence-electron chi connectivity index (χ2n) is 3.24. The van der Waals surface area contributed by atoms with Crippen molar-refractivity contribution in [3.63, 3.8) is 0 Å². The van der Waals surface area contributed by atoms with Crippen LogP contribution in [0.1, 0.15) is 5.56 Å². The summed E-state index contributed by atoms with van der Waals surface area (Å²) in [4.78, 5) is 15.7. The molecule has 0 aromatic carbocycles. The van der Waals surface area contributed by atoms with Crippen molar-refractivity contribution in [3.8, 4) is 0 Å². The summed E-state index contributed by atoms with van der Waals surface area (Å²) in [6.45, 7) is 2.23. The summed E-state index contributed by atoms with van der Waals surface area (Å²) in [5.41, 5.74) is 0.703. The number of pyridine rings is 1. The third kappa shape index (κ3) is 2.63. The third-order valence-corrected chi connectivity index (χ3v) is 2.04. The maximum absolute atomic E-state index is 10.5. The van der Waals surface area contributed by atoms with Gasteiger partial charge in [0.15, 0.2) is 0 Å². The molecule has 15 heavy (non-hydrogen) atoms. The molecule has 0 amide bonds. The number of nitro groups is 1. The molecular weight excluding hydrogens is 198 g/mol. The number of aliphatic hydroxyl groups is 1. The number of aromatic nitrogens is 1. The summed E-state index contributed by atoms with van der Waals surface area (Å²) < 4.78 is 0. The van der Waals surface area contributed by atoms with Gasteiger partial charge in [0.2, 0.25) is 0 Å². The fourth-order valence-electron chi connectivity index (χ4n) is 1.31. The highest BCUT2D eigenvalue weighted by atomic mass is 16.6. The minimum atomic E-state index is -0.476. The fourth-order valence-corrected chi connectivity index (χ4v) is 1.31. The van der Waals surface area contributed by atoms with Gasteiger partial charge in [0, 0.05) is 19.7 Å². The van der Waals surface area contributed by atoms with E-state index in [2.05, 4.69) is 4.98 Å². The Labute approximate surface area is 87.3 Å². The van der Waals surface area contributed by atoms with Gasteiger partial charge in [-0.1, -0.05) is 0 Å². The van der Waals surface area contributed by atoms with Crippen molar-refractivity contribution >= 4 is 11.5 Å². The average Bonchev–Trinajstić information content (AvgIpc) is 2.17. The first-order valence-corrected chi connectivity index (χ1v) is 4.49. The standard InChI is InChI=1S/C9H13N3O3/c1-7-5-8(12(14)15)6-10-9(7)11(2)3-4-13/h5-6,13H,3-4H2,1-2H3. The molecule has 0 unspecified atom stereocenters. The summed E-state index contributed by atoms with van der Waals surface area (Å²) in [5, 5.41) is 19.2. The molecule has 0 atom stereocenters. The van der Waals surface area contributed by atoms with Crippen LogP contribution in [0.3, 0.4) is 0 Å². The van der Waals surface area contributed by atoms with E-state index in [1.54, 1.807) is 18.9 Å². The zero-order valence-corrected chi connectivity index (χ0v) is 8.67. The Kier molecular flexibility index (Phi) is 3.56. The second-order valence-corrected chi connectivity index (χ2v) is 3.24. The highest BCUT2D eigenvalue weighted by molar-refractivity contribution is 5.49. The Morgan fingerprint density at radius 3 is 2.80 bits per heavy atom. The summed E-state index contributed by atoms with van der Waals surface area (Å²) in [6.07, 6.45) is 1.22. The van der Waals surface area contributed by atoms with Crippen molar-refractivity contribution in [2.45, 2.75) is 6.92 Å². The monoisotopic (exact) mass is 211 g/mol. The van der Waals surface area contributed by atoms with Crippen LogP contribution in [-0.2, 0) is 0 Å². The van der Waals surface area contributed by atoms with Crippen LogP contribution in [0, 0.1) is 17.0 Å². The van der Waals surface area contributed by atoms with Crippen LogP contribution in [0.15, 0.2) is 12.3 Å². The summed E-state index contributed by atoms with van der Waals surface area (Å²) in [7, 11) is 1.78. The molecule has 0 saturated carbocycles. The number of likely N-dealkylation sites (N-methyl/N-ethyl adjacent to an activating group) is 1. The Morgan fingerprint density at radius 2 is 2.33 bits per heavy atom. The molecular formula is C9H13N3O3. The highest BCUT2D eigenvalue weighted by Gasteiger charge is 2.11. The molecule has 0 radical (unpaired) electrons. The summed E-state index contributed by atoms with van der Waals surface area (Å²) in [6, 6.07) is 1.47. The summed E-state index contributed by atoms with van der Waals surface area (Å²) >= 11 is 0. The van der Waals surface area contributed by atoms with Crippen molar-refractivity contribution in [2.24, 2.45) is 0 Å². The molecule has 1 aromatic rings. The van der Waals surface area contributed by atoms with E-state index < -0.39 is 4.92 Å². The first-order chi connectivity index (χ1) is 7.06. The van der Waals surface area contributed by atoms with Gasteiger partial charge in [-0.05, 0) is 12.5 Å². The van der Waals surface area contributed by atoms with E-state index in [1.165, 1.54) is 12.3 Å². The lowest BCUT2D eigenvalue weighted by molar-refractivity contribution is -0.385. The van der Waals surface area contributed by atoms with E-state index in [0.717, 1.165) is 5.56 Å². The van der Waals surface area contributed by atoms with Crippen molar-refractivity contribution in [1.82, 2.24) is 4.98 Å². The van der Waals surface area contributed by atoms with Crippen LogP contribution < -0.4 is 4.90 Å². The topological polar surface area (TPSA) is 79.5 Å². The Bertz CT molecular complexity index is 368. The van der Waals surface area contributed by atoms with E-state index in [0.29, 0.717) is 12.4 Å². The average molecular weight is 211 g/mol. The van der Waals surface area contributed by atoms with Gasteiger partial charge in [-0.3, -0.25) is 10.1 Å². The number of anilines is 1. The number of hydrogen-bond donors (Lipinski definition) is 1. The van der Waals surface area contributed by atoms with Crippen molar-refractivity contribution in [3.05, 3.63) is 27.9 Å². The third-order valence-electron chi connectivity index (χ3n) is 2.04. The van der Waals surface area contributed by atoms with Crippen molar-refractivity contribution in [1.29, 1.82) is 0 Å². The molecule has 1 heterocycles. The molecule has 6 heteroatoms. The van der Waals surface area contributed by atoms with Crippen LogP contribution in [0.25, 0.3) is 0 Å². The predicted molar refractivity (Wildman–Crippen MR) is 56.0 cm³/mol. The molecule has 0 aliphatic rings. The molecule has 0 bridgehead atoms. The minimum absolute atomic E-state index is 0.0198. The fraction of sp³-hybridized carbons (Fsp3) is 0.444. The van der Waals surface area contributed by atoms with Crippen molar-refractivity contribution in [2.75, 3.05) is 25.1 Å². The highest BCUT2D eigenvalue weighted by Crippen LogP contribution is 2.20. The predicted octanol–water partition coefficient (Wildman–Crippen LogP) is 0.727. The van der Waals surface area contributed by atoms with Crippen LogP contribution in [0.4, 0.5) is 11.5 Å². The molecule has 0 aliphatic heterocycles. The number of aryl methyl sites for hydroxylation is 1. The summed E-state index contributed by atoms with van der Waals surface area (Å²) in [5.74, 6) is 0.648. The van der Waals surface area contributed by atoms with Crippen LogP contribution in [-0.4, -0.2) is 35.2 Å². The van der Waals surface area contributed by atoms with Gasteiger partial charge in [0.1, 0.15) is 12.0 Å². The maximum Gasteiger partial charge on any atom is 0.287 e. The van der Waals surface area contributed by atoms with Gasteiger partial charge in [0.25, 0.3) is 5.69 Å². The molecule has 6 nitrogen and oxygen atoms in total. The number of hydrogen-bond acceptors (Lipinski definition) is 5. The van der Waals surface area contributed by atoms with Crippen LogP contribution >= 0.6 is 0 Å². The van der Waals surface area contributed by atoms with Crippen LogP contribution in [0.5, 0.6) is 0 Å². The first kappa shape index (κ1) is 11.4. The molecule has 0 aliphatic carbocycles. The van der Waals surface area contributed by atoms with E-state index in [4.69, 9.17) is 5.11 Å². The van der Waals surface area contributed by atoms with Crippen LogP contribution in [0.2, 0.25) is 0 Å². The molecule has 1 aromatic heterocycles. The quantitative estimate of drug-likeness (QED) is 0.586. The Hall–Kier alpha value is -1.69. The zero-order valence-electron chi connectivity index (χ0n) is 8.67. The van der Waals surface area contributed by atoms with Gasteiger partial charge < -0.3 is 10.0 Å². The molecule has 1 rings (SSSR count). The molecule has 0 saturated heterocycles. The lowest BCUT2D eigenvalue weighted by Gasteiger charge is -2.18. The van der Waals surface area contributed by atoms with Gasteiger partial charge in [-0.2, -0.15) is 0 Å². The molecule has 0 fully saturated rings. The number of nitrogens with zero attached hydrogens (tertiary/aromatic N) is 3. The van der Waals surface area contributed by atoms with Gasteiger partial charge >= 0.3 is 0 Å². The van der Waals surface area contributed by atoms with Gasteiger partial charge in [-0.15, -0.1) is 0 Å². The largest absolute Gasteiger partial charge is 0.395 e. The second kappa shape index (κ2) is 4.70. The number of rotatable bonds is 4. The Balaban J connectivity index is 2.97. The molecule has 1 N–H and O–H groups in total.